The molecule has 2 heteroatoms. The van der Waals surface area contributed by atoms with Gasteiger partial charge >= 0.3 is 0 Å². The Labute approximate surface area is 98.2 Å². The van der Waals surface area contributed by atoms with Crippen molar-refractivity contribution in [3.63, 3.8) is 0 Å². The molecule has 0 atom stereocenters. The molecule has 0 saturated carbocycles. The molecule has 2 aromatic rings. The molecule has 84 valence electrons. The van der Waals surface area contributed by atoms with Crippen LogP contribution in [-0.4, -0.2) is 0 Å². The average Bonchev–Trinajstić information content (AvgIpc) is 2.72. The number of rotatable bonds is 1. The van der Waals surface area contributed by atoms with Gasteiger partial charge in [-0.2, -0.15) is 0 Å². The minimum Gasteiger partial charge on any atom is -0.207 e. The Balaban J connectivity index is 2.04. The lowest BCUT2D eigenvalue weighted by atomic mass is 10.0. The van der Waals surface area contributed by atoms with Crippen LogP contribution in [-0.2, 0) is 6.42 Å². The van der Waals surface area contributed by atoms with E-state index in [1.807, 2.05) is 30.3 Å². The van der Waals surface area contributed by atoms with Gasteiger partial charge in [0.25, 0.3) is 0 Å². The largest absolute Gasteiger partial charge is 0.207 e. The van der Waals surface area contributed by atoms with Gasteiger partial charge in [0.1, 0.15) is 11.6 Å². The minimum absolute atomic E-state index is 0.489. The van der Waals surface area contributed by atoms with E-state index in [2.05, 4.69) is 0 Å². The summed E-state index contributed by atoms with van der Waals surface area (Å²) in [4.78, 5) is 0. The summed E-state index contributed by atoms with van der Waals surface area (Å²) >= 11 is 0. The fourth-order valence-corrected chi connectivity index (χ4v) is 2.20. The first kappa shape index (κ1) is 10.2. The van der Waals surface area contributed by atoms with Gasteiger partial charge in [0.05, 0.1) is 0 Å². The summed E-state index contributed by atoms with van der Waals surface area (Å²) in [6.45, 7) is 0. The minimum atomic E-state index is -0.539. The van der Waals surface area contributed by atoms with Gasteiger partial charge < -0.3 is 0 Å². The second kappa shape index (κ2) is 3.81. The van der Waals surface area contributed by atoms with Crippen LogP contribution >= 0.6 is 0 Å². The highest BCUT2D eigenvalue weighted by molar-refractivity contribution is 5.88. The molecule has 0 N–H and O–H groups in total. The molecule has 17 heavy (non-hydrogen) atoms. The Bertz CT molecular complexity index is 612. The van der Waals surface area contributed by atoms with Gasteiger partial charge in [-0.1, -0.05) is 30.3 Å². The number of hydrogen-bond donors (Lipinski definition) is 0. The summed E-state index contributed by atoms with van der Waals surface area (Å²) in [5, 5.41) is 0. The number of fused-ring (bicyclic) bond motifs is 1. The molecule has 0 saturated heterocycles. The van der Waals surface area contributed by atoms with Crippen molar-refractivity contribution in [1.29, 1.82) is 0 Å². The average molecular weight is 228 g/mol. The molecule has 0 spiro atoms. The monoisotopic (exact) mass is 228 g/mol. The van der Waals surface area contributed by atoms with E-state index >= 15 is 0 Å². The highest BCUT2D eigenvalue weighted by atomic mass is 19.1. The van der Waals surface area contributed by atoms with Crippen LogP contribution in [0.3, 0.4) is 0 Å². The van der Waals surface area contributed by atoms with Crippen LogP contribution in [0.25, 0.3) is 11.6 Å². The van der Waals surface area contributed by atoms with Crippen molar-refractivity contribution in [1.82, 2.24) is 0 Å². The molecule has 0 aromatic heterocycles. The smallest absolute Gasteiger partial charge is 0.133 e. The summed E-state index contributed by atoms with van der Waals surface area (Å²) in [6, 6.07) is 11.7. The highest BCUT2D eigenvalue weighted by Crippen LogP contribution is 2.32. The molecule has 2 aromatic carbocycles. The highest BCUT2D eigenvalue weighted by Gasteiger charge is 2.16. The van der Waals surface area contributed by atoms with Crippen molar-refractivity contribution in [2.45, 2.75) is 6.42 Å². The third-order valence-electron chi connectivity index (χ3n) is 3.04. The Hall–Kier alpha value is -1.96. The van der Waals surface area contributed by atoms with Crippen molar-refractivity contribution < 1.29 is 8.78 Å². The Kier molecular flexibility index (Phi) is 2.29. The van der Waals surface area contributed by atoms with Gasteiger partial charge in [0.15, 0.2) is 0 Å². The number of hydrogen-bond acceptors (Lipinski definition) is 0. The van der Waals surface area contributed by atoms with Crippen LogP contribution in [0.5, 0.6) is 0 Å². The van der Waals surface area contributed by atoms with E-state index in [9.17, 15) is 8.78 Å². The molecule has 0 fully saturated rings. The maximum atomic E-state index is 13.6. The zero-order valence-electron chi connectivity index (χ0n) is 9.08. The molecule has 0 radical (unpaired) electrons. The van der Waals surface area contributed by atoms with Crippen LogP contribution in [0.4, 0.5) is 8.78 Å². The fourth-order valence-electron chi connectivity index (χ4n) is 2.20. The molecule has 0 heterocycles. The van der Waals surface area contributed by atoms with E-state index in [0.717, 1.165) is 17.2 Å². The van der Waals surface area contributed by atoms with E-state index in [0.29, 0.717) is 12.0 Å². The maximum Gasteiger partial charge on any atom is 0.133 e. The third kappa shape index (κ3) is 1.76. The lowest BCUT2D eigenvalue weighted by Crippen LogP contribution is -1.91. The predicted octanol–water partition coefficient (Wildman–Crippen LogP) is 4.06. The summed E-state index contributed by atoms with van der Waals surface area (Å²) in [6.07, 6.45) is 2.67. The van der Waals surface area contributed by atoms with Gasteiger partial charge in [-0.25, -0.2) is 8.78 Å². The first-order chi connectivity index (χ1) is 8.24. The molecule has 0 amide bonds. The van der Waals surface area contributed by atoms with Crippen molar-refractivity contribution in [3.8, 4) is 0 Å². The predicted molar refractivity (Wildman–Crippen MR) is 64.4 cm³/mol. The van der Waals surface area contributed by atoms with Crippen LogP contribution in [0.1, 0.15) is 16.7 Å². The second-order valence-corrected chi connectivity index (χ2v) is 4.17. The van der Waals surface area contributed by atoms with Crippen LogP contribution in [0.2, 0.25) is 0 Å². The molecule has 0 bridgehead atoms. The summed E-state index contributed by atoms with van der Waals surface area (Å²) < 4.78 is 26.5. The van der Waals surface area contributed by atoms with E-state index < -0.39 is 11.6 Å². The van der Waals surface area contributed by atoms with Crippen LogP contribution in [0, 0.1) is 11.6 Å². The first-order valence-electron chi connectivity index (χ1n) is 5.48. The molecule has 0 nitrogen and oxygen atoms in total. The number of benzene rings is 2. The number of halogens is 2. The molecule has 1 aliphatic rings. The van der Waals surface area contributed by atoms with Crippen molar-refractivity contribution in [2.24, 2.45) is 0 Å². The lowest BCUT2D eigenvalue weighted by molar-refractivity contribution is 0.581. The topological polar surface area (TPSA) is 0 Å². The van der Waals surface area contributed by atoms with Gasteiger partial charge in [0.2, 0.25) is 0 Å². The van der Waals surface area contributed by atoms with Gasteiger partial charge in [-0.05, 0) is 35.3 Å². The van der Waals surface area contributed by atoms with Crippen LogP contribution in [0.15, 0.2) is 42.5 Å². The second-order valence-electron chi connectivity index (χ2n) is 4.17. The first-order valence-corrected chi connectivity index (χ1v) is 5.48. The maximum absolute atomic E-state index is 13.6. The molecule has 3 rings (SSSR count). The number of allylic oxidation sites excluding steroid dienone is 1. The summed E-state index contributed by atoms with van der Waals surface area (Å²) in [5.74, 6) is -1.04. The Morgan fingerprint density at radius 2 is 1.76 bits per heavy atom. The van der Waals surface area contributed by atoms with E-state index in [-0.39, 0.29) is 0 Å². The molecular formula is C15H10F2. The Morgan fingerprint density at radius 1 is 0.941 bits per heavy atom. The quantitative estimate of drug-likeness (QED) is 0.690. The zero-order chi connectivity index (χ0) is 11.8. The van der Waals surface area contributed by atoms with Gasteiger partial charge in [0, 0.05) is 11.6 Å². The van der Waals surface area contributed by atoms with Crippen molar-refractivity contribution in [3.05, 3.63) is 70.8 Å². The third-order valence-corrected chi connectivity index (χ3v) is 3.04. The fraction of sp³-hybridized carbons (Fsp3) is 0.0667. The standard InChI is InChI=1S/C15H10F2/c16-13-5-6-14(15(17)9-13)12-7-10-3-1-2-4-11(10)8-12/h1-7,9H,8H2. The van der Waals surface area contributed by atoms with Crippen molar-refractivity contribution in [2.75, 3.05) is 0 Å². The van der Waals surface area contributed by atoms with Crippen LogP contribution < -0.4 is 0 Å². The summed E-state index contributed by atoms with van der Waals surface area (Å²) in [7, 11) is 0. The SMILES string of the molecule is Fc1ccc(C2=Cc3ccccc3C2)c(F)c1. The molecule has 0 unspecified atom stereocenters. The van der Waals surface area contributed by atoms with E-state index in [1.165, 1.54) is 17.7 Å². The van der Waals surface area contributed by atoms with E-state index in [4.69, 9.17) is 0 Å². The van der Waals surface area contributed by atoms with E-state index in [1.54, 1.807) is 0 Å². The van der Waals surface area contributed by atoms with Gasteiger partial charge in [-0.15, -0.1) is 0 Å². The van der Waals surface area contributed by atoms with Crippen molar-refractivity contribution >= 4 is 11.6 Å². The zero-order valence-corrected chi connectivity index (χ0v) is 9.08. The summed E-state index contributed by atoms with van der Waals surface area (Å²) in [5.41, 5.74) is 3.70. The lowest BCUT2D eigenvalue weighted by Gasteiger charge is -2.04. The normalized spacial score (nSPS) is 13.4. The molecular weight excluding hydrogens is 218 g/mol. The Morgan fingerprint density at radius 3 is 2.53 bits per heavy atom. The van der Waals surface area contributed by atoms with Gasteiger partial charge in [-0.3, -0.25) is 0 Å². The molecule has 0 aliphatic heterocycles. The molecule has 1 aliphatic carbocycles.